The minimum Gasteiger partial charge on any atom is -0.334 e. The van der Waals surface area contributed by atoms with Gasteiger partial charge in [0.05, 0.1) is 4.47 Å². The first-order valence-corrected chi connectivity index (χ1v) is 8.43. The SMILES string of the molecule is O=C(c1ccc(Br)c(F)c1)N1CCC[C@H]1CN1CCCC1. The van der Waals surface area contributed by atoms with Gasteiger partial charge in [-0.15, -0.1) is 0 Å². The van der Waals surface area contributed by atoms with Crippen LogP contribution in [0.2, 0.25) is 0 Å². The summed E-state index contributed by atoms with van der Waals surface area (Å²) < 4.78 is 14.0. The highest BCUT2D eigenvalue weighted by Gasteiger charge is 2.31. The van der Waals surface area contributed by atoms with Crippen molar-refractivity contribution in [2.75, 3.05) is 26.2 Å². The molecule has 21 heavy (non-hydrogen) atoms. The summed E-state index contributed by atoms with van der Waals surface area (Å²) in [5, 5.41) is 0. The molecule has 0 bridgehead atoms. The Morgan fingerprint density at radius 2 is 2.00 bits per heavy atom. The van der Waals surface area contributed by atoms with Crippen LogP contribution < -0.4 is 0 Å². The molecular weight excluding hydrogens is 335 g/mol. The molecule has 1 aromatic rings. The molecule has 0 saturated carbocycles. The van der Waals surface area contributed by atoms with Gasteiger partial charge in [-0.2, -0.15) is 0 Å². The van der Waals surface area contributed by atoms with E-state index in [9.17, 15) is 9.18 Å². The second-order valence-corrected chi connectivity index (χ2v) is 6.79. The zero-order valence-electron chi connectivity index (χ0n) is 12.0. The van der Waals surface area contributed by atoms with Crippen LogP contribution in [0.3, 0.4) is 0 Å². The second kappa shape index (κ2) is 6.44. The second-order valence-electron chi connectivity index (χ2n) is 5.93. The molecule has 3 nitrogen and oxygen atoms in total. The molecule has 0 aliphatic carbocycles. The van der Waals surface area contributed by atoms with Crippen LogP contribution in [0, 0.1) is 5.82 Å². The van der Waals surface area contributed by atoms with E-state index >= 15 is 0 Å². The van der Waals surface area contributed by atoms with Gasteiger partial charge in [0.2, 0.25) is 0 Å². The van der Waals surface area contributed by atoms with Crippen molar-refractivity contribution in [3.05, 3.63) is 34.1 Å². The first-order valence-electron chi connectivity index (χ1n) is 7.63. The predicted molar refractivity (Wildman–Crippen MR) is 83.8 cm³/mol. The van der Waals surface area contributed by atoms with Crippen LogP contribution in [0.15, 0.2) is 22.7 Å². The molecule has 114 valence electrons. The standard InChI is InChI=1S/C16H20BrFN2O/c17-14-6-5-12(10-15(14)18)16(21)20-9-3-4-13(20)11-19-7-1-2-8-19/h5-6,10,13H,1-4,7-9,11H2/t13-/m0/s1. The van der Waals surface area contributed by atoms with Gasteiger partial charge in [0.15, 0.2) is 0 Å². The van der Waals surface area contributed by atoms with E-state index in [4.69, 9.17) is 0 Å². The van der Waals surface area contributed by atoms with Gasteiger partial charge in [0, 0.05) is 24.7 Å². The Morgan fingerprint density at radius 3 is 2.71 bits per heavy atom. The lowest BCUT2D eigenvalue weighted by atomic mass is 10.1. The van der Waals surface area contributed by atoms with Crippen molar-refractivity contribution in [2.45, 2.75) is 31.7 Å². The van der Waals surface area contributed by atoms with Gasteiger partial charge in [-0.3, -0.25) is 4.79 Å². The van der Waals surface area contributed by atoms with Crippen LogP contribution in [0.1, 0.15) is 36.0 Å². The minimum atomic E-state index is -0.379. The van der Waals surface area contributed by atoms with E-state index in [1.54, 1.807) is 12.1 Å². The Balaban J connectivity index is 1.71. The van der Waals surface area contributed by atoms with Crippen molar-refractivity contribution in [2.24, 2.45) is 0 Å². The Bertz CT molecular complexity index is 531. The fourth-order valence-corrected chi connectivity index (χ4v) is 3.60. The van der Waals surface area contributed by atoms with E-state index in [0.717, 1.165) is 39.0 Å². The van der Waals surface area contributed by atoms with Gasteiger partial charge in [-0.1, -0.05) is 0 Å². The molecular formula is C16H20BrFN2O. The van der Waals surface area contributed by atoms with Crippen LogP contribution in [0.25, 0.3) is 0 Å². The van der Waals surface area contributed by atoms with Crippen LogP contribution >= 0.6 is 15.9 Å². The summed E-state index contributed by atoms with van der Waals surface area (Å²) in [7, 11) is 0. The maximum atomic E-state index is 13.6. The number of hydrogen-bond acceptors (Lipinski definition) is 2. The van der Waals surface area contributed by atoms with Crippen LogP contribution in [0.5, 0.6) is 0 Å². The van der Waals surface area contributed by atoms with Crippen LogP contribution in [0.4, 0.5) is 4.39 Å². The summed E-state index contributed by atoms with van der Waals surface area (Å²) in [5.74, 6) is -0.417. The van der Waals surface area contributed by atoms with Gasteiger partial charge in [-0.25, -0.2) is 4.39 Å². The molecule has 0 N–H and O–H groups in total. The van der Waals surface area contributed by atoms with Crippen molar-refractivity contribution in [1.29, 1.82) is 0 Å². The fourth-order valence-electron chi connectivity index (χ4n) is 3.35. The zero-order chi connectivity index (χ0) is 14.8. The smallest absolute Gasteiger partial charge is 0.254 e. The van der Waals surface area contributed by atoms with Crippen LogP contribution in [-0.4, -0.2) is 47.9 Å². The molecule has 0 unspecified atom stereocenters. The quantitative estimate of drug-likeness (QED) is 0.831. The Hall–Kier alpha value is -0.940. The molecule has 2 heterocycles. The minimum absolute atomic E-state index is 0.0388. The molecule has 0 radical (unpaired) electrons. The van der Waals surface area contributed by atoms with E-state index < -0.39 is 0 Å². The third-order valence-corrected chi connectivity index (χ3v) is 5.12. The highest BCUT2D eigenvalue weighted by molar-refractivity contribution is 9.10. The monoisotopic (exact) mass is 354 g/mol. The third kappa shape index (κ3) is 3.29. The molecule has 2 saturated heterocycles. The fraction of sp³-hybridized carbons (Fsp3) is 0.562. The molecule has 1 aromatic carbocycles. The summed E-state index contributed by atoms with van der Waals surface area (Å²) in [6.45, 7) is 4.04. The maximum Gasteiger partial charge on any atom is 0.254 e. The van der Waals surface area contributed by atoms with E-state index in [2.05, 4.69) is 20.8 Å². The number of carbonyl (C=O) groups excluding carboxylic acids is 1. The molecule has 0 spiro atoms. The topological polar surface area (TPSA) is 23.6 Å². The summed E-state index contributed by atoms with van der Waals surface area (Å²) in [6.07, 6.45) is 4.63. The van der Waals surface area contributed by atoms with Crippen molar-refractivity contribution >= 4 is 21.8 Å². The van der Waals surface area contributed by atoms with Crippen molar-refractivity contribution in [3.8, 4) is 0 Å². The highest BCUT2D eigenvalue weighted by atomic mass is 79.9. The highest BCUT2D eigenvalue weighted by Crippen LogP contribution is 2.24. The number of likely N-dealkylation sites (tertiary alicyclic amines) is 2. The molecule has 2 fully saturated rings. The van der Waals surface area contributed by atoms with E-state index in [1.165, 1.54) is 18.9 Å². The number of rotatable bonds is 3. The first kappa shape index (κ1) is 15.0. The number of carbonyl (C=O) groups is 1. The van der Waals surface area contributed by atoms with Gasteiger partial charge in [-0.05, 0) is 72.9 Å². The molecule has 3 rings (SSSR count). The Labute approximate surface area is 133 Å². The lowest BCUT2D eigenvalue weighted by Crippen LogP contribution is -2.42. The van der Waals surface area contributed by atoms with Gasteiger partial charge < -0.3 is 9.80 Å². The van der Waals surface area contributed by atoms with E-state index in [1.807, 2.05) is 4.90 Å². The molecule has 1 amide bonds. The Kier molecular flexibility index (Phi) is 4.60. The summed E-state index contributed by atoms with van der Waals surface area (Å²) in [4.78, 5) is 17.0. The molecule has 5 heteroatoms. The molecule has 2 aliphatic rings. The maximum absolute atomic E-state index is 13.6. The van der Waals surface area contributed by atoms with Crippen molar-refractivity contribution in [3.63, 3.8) is 0 Å². The average molecular weight is 355 g/mol. The summed E-state index contributed by atoms with van der Waals surface area (Å²) in [6, 6.07) is 4.91. The Morgan fingerprint density at radius 1 is 1.24 bits per heavy atom. The molecule has 2 aliphatic heterocycles. The largest absolute Gasteiger partial charge is 0.334 e. The zero-order valence-corrected chi connectivity index (χ0v) is 13.6. The van der Waals surface area contributed by atoms with Crippen molar-refractivity contribution < 1.29 is 9.18 Å². The number of hydrogen-bond donors (Lipinski definition) is 0. The molecule has 0 aromatic heterocycles. The number of nitrogens with zero attached hydrogens (tertiary/aromatic N) is 2. The van der Waals surface area contributed by atoms with Crippen molar-refractivity contribution in [1.82, 2.24) is 9.80 Å². The average Bonchev–Trinajstić information content (AvgIpc) is 3.13. The third-order valence-electron chi connectivity index (χ3n) is 4.47. The van der Waals surface area contributed by atoms with Gasteiger partial charge in [0.25, 0.3) is 5.91 Å². The predicted octanol–water partition coefficient (Wildman–Crippen LogP) is 3.29. The van der Waals surface area contributed by atoms with E-state index in [0.29, 0.717) is 10.0 Å². The molecule has 1 atom stereocenters. The number of benzene rings is 1. The number of halogens is 2. The van der Waals surface area contributed by atoms with Gasteiger partial charge in [0.1, 0.15) is 5.82 Å². The lowest BCUT2D eigenvalue weighted by molar-refractivity contribution is 0.0708. The summed E-state index contributed by atoms with van der Waals surface area (Å²) in [5.41, 5.74) is 0.448. The normalized spacial score (nSPS) is 23.0. The lowest BCUT2D eigenvalue weighted by Gasteiger charge is -2.28. The first-order chi connectivity index (χ1) is 10.1. The van der Waals surface area contributed by atoms with E-state index in [-0.39, 0.29) is 17.8 Å². The van der Waals surface area contributed by atoms with Crippen LogP contribution in [-0.2, 0) is 0 Å². The number of amides is 1. The summed E-state index contributed by atoms with van der Waals surface area (Å²) >= 11 is 3.13. The van der Waals surface area contributed by atoms with Gasteiger partial charge >= 0.3 is 0 Å².